The van der Waals surface area contributed by atoms with E-state index in [1.807, 2.05) is 4.90 Å². The molecule has 4 nitrogen and oxygen atoms in total. The summed E-state index contributed by atoms with van der Waals surface area (Å²) >= 11 is 0. The molecule has 4 heteroatoms. The molecule has 23 heavy (non-hydrogen) atoms. The van der Waals surface area contributed by atoms with Gasteiger partial charge in [-0.3, -0.25) is 9.69 Å². The first-order valence-electron chi connectivity index (χ1n) is 8.76. The fourth-order valence-corrected chi connectivity index (χ4v) is 3.54. The molecule has 1 saturated heterocycles. The van der Waals surface area contributed by atoms with Crippen LogP contribution in [0.2, 0.25) is 0 Å². The minimum atomic E-state index is 0.304. The normalized spacial score (nSPS) is 18.3. The molecule has 2 aromatic rings. The number of hydrogen-bond donors (Lipinski definition) is 1. The van der Waals surface area contributed by atoms with Crippen LogP contribution in [0, 0.1) is 0 Å². The van der Waals surface area contributed by atoms with Gasteiger partial charge in [0.2, 0.25) is 5.91 Å². The summed E-state index contributed by atoms with van der Waals surface area (Å²) in [4.78, 5) is 19.8. The SMILES string of the molecule is CCN1CCN(C(C)CCc2c[nH]c3ccccc23)CCC1=O. The summed E-state index contributed by atoms with van der Waals surface area (Å²) in [5.41, 5.74) is 2.61. The summed E-state index contributed by atoms with van der Waals surface area (Å²) in [6.07, 6.45) is 5.00. The molecule has 0 spiro atoms. The molecule has 1 fully saturated rings. The van der Waals surface area contributed by atoms with Gasteiger partial charge in [-0.25, -0.2) is 0 Å². The molecule has 0 radical (unpaired) electrons. The first-order chi connectivity index (χ1) is 11.2. The number of hydrogen-bond acceptors (Lipinski definition) is 2. The van der Waals surface area contributed by atoms with Crippen molar-refractivity contribution in [1.29, 1.82) is 0 Å². The van der Waals surface area contributed by atoms with Crippen LogP contribution in [0.3, 0.4) is 0 Å². The number of rotatable bonds is 5. The van der Waals surface area contributed by atoms with Crippen molar-refractivity contribution in [3.63, 3.8) is 0 Å². The van der Waals surface area contributed by atoms with Crippen molar-refractivity contribution in [2.24, 2.45) is 0 Å². The van der Waals surface area contributed by atoms with E-state index in [1.165, 1.54) is 16.5 Å². The monoisotopic (exact) mass is 313 g/mol. The van der Waals surface area contributed by atoms with Crippen LogP contribution in [-0.2, 0) is 11.2 Å². The van der Waals surface area contributed by atoms with Crippen molar-refractivity contribution in [2.45, 2.75) is 39.2 Å². The Morgan fingerprint density at radius 1 is 1.22 bits per heavy atom. The van der Waals surface area contributed by atoms with Crippen molar-refractivity contribution >= 4 is 16.8 Å². The Bertz CT molecular complexity index is 663. The van der Waals surface area contributed by atoms with Crippen LogP contribution >= 0.6 is 0 Å². The minimum Gasteiger partial charge on any atom is -0.361 e. The Kier molecular flexibility index (Phi) is 5.01. The summed E-state index contributed by atoms with van der Waals surface area (Å²) < 4.78 is 0. The van der Waals surface area contributed by atoms with Crippen LogP contribution in [0.25, 0.3) is 10.9 Å². The Morgan fingerprint density at radius 3 is 2.87 bits per heavy atom. The van der Waals surface area contributed by atoms with Crippen molar-refractivity contribution in [3.8, 4) is 0 Å². The van der Waals surface area contributed by atoms with E-state index in [2.05, 4.69) is 54.2 Å². The number of carbonyl (C=O) groups is 1. The Balaban J connectivity index is 1.59. The van der Waals surface area contributed by atoms with Crippen molar-refractivity contribution < 1.29 is 4.79 Å². The molecule has 1 amide bonds. The molecule has 1 aromatic heterocycles. The lowest BCUT2D eigenvalue weighted by molar-refractivity contribution is -0.130. The number of likely N-dealkylation sites (N-methyl/N-ethyl adjacent to an activating group) is 1. The highest BCUT2D eigenvalue weighted by Crippen LogP contribution is 2.21. The second kappa shape index (κ2) is 7.18. The van der Waals surface area contributed by atoms with Gasteiger partial charge in [0, 0.05) is 55.7 Å². The zero-order valence-corrected chi connectivity index (χ0v) is 14.2. The van der Waals surface area contributed by atoms with Gasteiger partial charge in [-0.2, -0.15) is 0 Å². The van der Waals surface area contributed by atoms with Crippen LogP contribution in [0.15, 0.2) is 30.5 Å². The number of nitrogens with one attached hydrogen (secondary N) is 1. The van der Waals surface area contributed by atoms with Crippen LogP contribution in [-0.4, -0.2) is 52.9 Å². The van der Waals surface area contributed by atoms with Crippen LogP contribution in [0.5, 0.6) is 0 Å². The number of nitrogens with zero attached hydrogens (tertiary/aromatic N) is 2. The predicted molar refractivity (Wildman–Crippen MR) is 94.5 cm³/mol. The molecular weight excluding hydrogens is 286 g/mol. The van der Waals surface area contributed by atoms with Gasteiger partial charge in [0.05, 0.1) is 0 Å². The van der Waals surface area contributed by atoms with E-state index >= 15 is 0 Å². The molecule has 1 unspecified atom stereocenters. The summed E-state index contributed by atoms with van der Waals surface area (Å²) in [5.74, 6) is 0.304. The summed E-state index contributed by atoms with van der Waals surface area (Å²) in [6.45, 7) is 7.94. The maximum Gasteiger partial charge on any atom is 0.223 e. The lowest BCUT2D eigenvalue weighted by Crippen LogP contribution is -2.37. The van der Waals surface area contributed by atoms with Gasteiger partial charge >= 0.3 is 0 Å². The number of aromatic nitrogens is 1. The summed E-state index contributed by atoms with van der Waals surface area (Å²) in [6, 6.07) is 8.99. The lowest BCUT2D eigenvalue weighted by atomic mass is 10.0. The van der Waals surface area contributed by atoms with Crippen molar-refractivity contribution in [2.75, 3.05) is 26.2 Å². The molecule has 1 aromatic carbocycles. The van der Waals surface area contributed by atoms with Gasteiger partial charge in [0.1, 0.15) is 0 Å². The van der Waals surface area contributed by atoms with E-state index in [0.29, 0.717) is 18.4 Å². The Hall–Kier alpha value is -1.81. The number of fused-ring (bicyclic) bond motifs is 1. The van der Waals surface area contributed by atoms with Gasteiger partial charge in [-0.15, -0.1) is 0 Å². The first-order valence-corrected chi connectivity index (χ1v) is 8.76. The second-order valence-corrected chi connectivity index (χ2v) is 6.51. The standard InChI is InChI=1S/C19H27N3O/c1-3-21-12-13-22(11-10-19(21)23)15(2)8-9-16-14-20-18-7-5-4-6-17(16)18/h4-7,14-15,20H,3,8-13H2,1-2H3. The van der Waals surface area contributed by atoms with Crippen LogP contribution in [0.1, 0.15) is 32.3 Å². The molecule has 1 N–H and O–H groups in total. The third kappa shape index (κ3) is 3.58. The molecule has 0 saturated carbocycles. The van der Waals surface area contributed by atoms with E-state index in [-0.39, 0.29) is 0 Å². The van der Waals surface area contributed by atoms with E-state index in [0.717, 1.165) is 39.0 Å². The predicted octanol–water partition coefficient (Wildman–Crippen LogP) is 3.04. The number of amides is 1. The fraction of sp³-hybridized carbons (Fsp3) is 0.526. The molecular formula is C19H27N3O. The van der Waals surface area contributed by atoms with Gasteiger partial charge in [-0.1, -0.05) is 18.2 Å². The lowest BCUT2D eigenvalue weighted by Gasteiger charge is -2.27. The molecule has 2 heterocycles. The zero-order valence-electron chi connectivity index (χ0n) is 14.2. The Morgan fingerprint density at radius 2 is 2.04 bits per heavy atom. The highest BCUT2D eigenvalue weighted by Gasteiger charge is 2.22. The van der Waals surface area contributed by atoms with E-state index < -0.39 is 0 Å². The number of carbonyl (C=O) groups excluding carboxylic acids is 1. The number of para-hydroxylation sites is 1. The van der Waals surface area contributed by atoms with Crippen molar-refractivity contribution in [1.82, 2.24) is 14.8 Å². The highest BCUT2D eigenvalue weighted by atomic mass is 16.2. The largest absolute Gasteiger partial charge is 0.361 e. The summed E-state index contributed by atoms with van der Waals surface area (Å²) in [7, 11) is 0. The van der Waals surface area contributed by atoms with Crippen molar-refractivity contribution in [3.05, 3.63) is 36.0 Å². The molecule has 0 bridgehead atoms. The number of aromatic amines is 1. The van der Waals surface area contributed by atoms with Crippen LogP contribution < -0.4 is 0 Å². The first kappa shape index (κ1) is 16.1. The zero-order chi connectivity index (χ0) is 16.2. The van der Waals surface area contributed by atoms with Crippen LogP contribution in [0.4, 0.5) is 0 Å². The van der Waals surface area contributed by atoms with Gasteiger partial charge in [0.25, 0.3) is 0 Å². The van der Waals surface area contributed by atoms with E-state index in [4.69, 9.17) is 0 Å². The van der Waals surface area contributed by atoms with Gasteiger partial charge < -0.3 is 9.88 Å². The average molecular weight is 313 g/mol. The third-order valence-corrected chi connectivity index (χ3v) is 5.13. The molecule has 1 aliphatic rings. The van der Waals surface area contributed by atoms with E-state index in [9.17, 15) is 4.79 Å². The third-order valence-electron chi connectivity index (χ3n) is 5.13. The maximum atomic E-state index is 12.0. The molecule has 0 aliphatic carbocycles. The average Bonchev–Trinajstić information content (AvgIpc) is 2.89. The second-order valence-electron chi connectivity index (χ2n) is 6.51. The molecule has 1 atom stereocenters. The van der Waals surface area contributed by atoms with Gasteiger partial charge in [0.15, 0.2) is 0 Å². The number of H-pyrrole nitrogens is 1. The number of benzene rings is 1. The smallest absolute Gasteiger partial charge is 0.223 e. The van der Waals surface area contributed by atoms with E-state index in [1.54, 1.807) is 0 Å². The number of aryl methyl sites for hydroxylation is 1. The molecule has 1 aliphatic heterocycles. The van der Waals surface area contributed by atoms with Gasteiger partial charge in [-0.05, 0) is 38.3 Å². The topological polar surface area (TPSA) is 39.3 Å². The Labute approximate surface area is 138 Å². The molecule has 124 valence electrons. The minimum absolute atomic E-state index is 0.304. The maximum absolute atomic E-state index is 12.0. The fourth-order valence-electron chi connectivity index (χ4n) is 3.54. The summed E-state index contributed by atoms with van der Waals surface area (Å²) in [5, 5.41) is 1.34. The molecule has 3 rings (SSSR count). The highest BCUT2D eigenvalue weighted by molar-refractivity contribution is 5.83. The quantitative estimate of drug-likeness (QED) is 0.921.